The lowest BCUT2D eigenvalue weighted by atomic mass is 10.1. The van der Waals surface area contributed by atoms with Gasteiger partial charge >= 0.3 is 12.6 Å². The van der Waals surface area contributed by atoms with Crippen molar-refractivity contribution in [2.24, 2.45) is 0 Å². The van der Waals surface area contributed by atoms with Crippen molar-refractivity contribution in [1.82, 2.24) is 0 Å². The first kappa shape index (κ1) is 19.6. The summed E-state index contributed by atoms with van der Waals surface area (Å²) in [6.07, 6.45) is 2.59. The number of halogens is 2. The van der Waals surface area contributed by atoms with Crippen LogP contribution in [0.25, 0.3) is 6.08 Å². The van der Waals surface area contributed by atoms with Crippen molar-refractivity contribution >= 4 is 23.6 Å². The highest BCUT2D eigenvalue weighted by Crippen LogP contribution is 2.25. The van der Waals surface area contributed by atoms with Gasteiger partial charge in [-0.05, 0) is 35.9 Å². The van der Waals surface area contributed by atoms with Crippen LogP contribution >= 0.6 is 0 Å². The van der Waals surface area contributed by atoms with Gasteiger partial charge in [0.2, 0.25) is 0 Å². The van der Waals surface area contributed by atoms with Gasteiger partial charge in [0.05, 0.1) is 17.3 Å². The number of carbonyl (C=O) groups is 2. The molecule has 0 bridgehead atoms. The summed E-state index contributed by atoms with van der Waals surface area (Å²) < 4.78 is 33.7. The third kappa shape index (κ3) is 6.59. The second kappa shape index (κ2) is 9.68. The molecule has 0 saturated carbocycles. The van der Waals surface area contributed by atoms with Gasteiger partial charge in [-0.2, -0.15) is 14.0 Å². The maximum atomic E-state index is 12.3. The summed E-state index contributed by atoms with van der Waals surface area (Å²) in [5.41, 5.74) is 1.20. The number of amides is 1. The smallest absolute Gasteiger partial charge is 0.387 e. The highest BCUT2D eigenvalue weighted by Gasteiger charge is 2.12. The van der Waals surface area contributed by atoms with E-state index in [-0.39, 0.29) is 11.4 Å². The molecular formula is C19H14F2N2O4. The lowest BCUT2D eigenvalue weighted by molar-refractivity contribution is -0.142. The van der Waals surface area contributed by atoms with Gasteiger partial charge in [-0.1, -0.05) is 24.3 Å². The van der Waals surface area contributed by atoms with Gasteiger partial charge in [-0.3, -0.25) is 4.79 Å². The van der Waals surface area contributed by atoms with E-state index in [1.54, 1.807) is 24.3 Å². The molecule has 0 fully saturated rings. The number of alkyl halides is 2. The number of carbonyl (C=O) groups excluding carboxylic acids is 2. The molecule has 2 aromatic rings. The molecule has 0 aliphatic carbocycles. The molecule has 27 heavy (non-hydrogen) atoms. The predicted octanol–water partition coefficient (Wildman–Crippen LogP) is 3.35. The second-order valence-electron chi connectivity index (χ2n) is 5.10. The maximum Gasteiger partial charge on any atom is 0.387 e. The molecule has 0 unspecified atom stereocenters. The summed E-state index contributed by atoms with van der Waals surface area (Å²) in [6.45, 7) is -3.63. The van der Waals surface area contributed by atoms with E-state index in [2.05, 4.69) is 10.1 Å². The number of anilines is 1. The molecule has 0 saturated heterocycles. The van der Waals surface area contributed by atoms with Crippen LogP contribution in [0.4, 0.5) is 14.5 Å². The van der Waals surface area contributed by atoms with Gasteiger partial charge in [0.25, 0.3) is 5.91 Å². The number of nitrogens with one attached hydrogen (secondary N) is 1. The Morgan fingerprint density at radius 3 is 2.52 bits per heavy atom. The van der Waals surface area contributed by atoms with Crippen molar-refractivity contribution in [3.8, 4) is 11.8 Å². The lowest BCUT2D eigenvalue weighted by Gasteiger charge is -2.11. The van der Waals surface area contributed by atoms with Crippen LogP contribution in [0.1, 0.15) is 11.1 Å². The van der Waals surface area contributed by atoms with Gasteiger partial charge in [-0.25, -0.2) is 4.79 Å². The Balaban J connectivity index is 1.85. The number of nitrogens with zero attached hydrogens (tertiary/aromatic N) is 1. The fourth-order valence-corrected chi connectivity index (χ4v) is 1.97. The first-order valence-corrected chi connectivity index (χ1v) is 7.66. The van der Waals surface area contributed by atoms with Crippen molar-refractivity contribution in [2.75, 3.05) is 11.9 Å². The molecule has 0 aliphatic rings. The molecule has 2 aromatic carbocycles. The highest BCUT2D eigenvalue weighted by atomic mass is 19.3. The van der Waals surface area contributed by atoms with Crippen LogP contribution in [0.2, 0.25) is 0 Å². The summed E-state index contributed by atoms with van der Waals surface area (Å²) >= 11 is 0. The Bertz CT molecular complexity index is 874. The monoisotopic (exact) mass is 372 g/mol. The van der Waals surface area contributed by atoms with Crippen molar-refractivity contribution in [3.63, 3.8) is 0 Å². The van der Waals surface area contributed by atoms with Crippen LogP contribution in [-0.2, 0) is 14.3 Å². The maximum absolute atomic E-state index is 12.3. The lowest BCUT2D eigenvalue weighted by Crippen LogP contribution is -2.20. The molecule has 138 valence electrons. The van der Waals surface area contributed by atoms with Crippen LogP contribution in [-0.4, -0.2) is 25.1 Å². The van der Waals surface area contributed by atoms with E-state index in [1.165, 1.54) is 30.3 Å². The molecule has 0 aromatic heterocycles. The van der Waals surface area contributed by atoms with Gasteiger partial charge in [0.15, 0.2) is 6.61 Å². The topological polar surface area (TPSA) is 88.4 Å². The number of hydrogen-bond donors (Lipinski definition) is 1. The van der Waals surface area contributed by atoms with Gasteiger partial charge in [0, 0.05) is 6.08 Å². The minimum atomic E-state index is -3.03. The number of hydrogen-bond acceptors (Lipinski definition) is 5. The average Bonchev–Trinajstić information content (AvgIpc) is 2.66. The van der Waals surface area contributed by atoms with Crippen LogP contribution in [0.3, 0.4) is 0 Å². The van der Waals surface area contributed by atoms with Crippen molar-refractivity contribution in [3.05, 3.63) is 65.7 Å². The van der Waals surface area contributed by atoms with Crippen LogP contribution in [0, 0.1) is 11.3 Å². The van der Waals surface area contributed by atoms with E-state index < -0.39 is 25.1 Å². The predicted molar refractivity (Wildman–Crippen MR) is 92.9 cm³/mol. The van der Waals surface area contributed by atoms with E-state index in [0.29, 0.717) is 11.1 Å². The molecule has 1 N–H and O–H groups in total. The zero-order chi connectivity index (χ0) is 19.6. The standard InChI is InChI=1S/C19H14F2N2O4/c20-19(21)27-16-4-2-1-3-15(16)23-17(24)12-26-18(25)10-9-13-5-7-14(11-22)8-6-13/h1-10,19H,12H2,(H,23,24)/b10-9+. The normalized spacial score (nSPS) is 10.4. The molecular weight excluding hydrogens is 358 g/mol. The van der Waals surface area contributed by atoms with Gasteiger partial charge < -0.3 is 14.8 Å². The molecule has 0 atom stereocenters. The van der Waals surface area contributed by atoms with E-state index in [0.717, 1.165) is 6.08 Å². The number of esters is 1. The Morgan fingerprint density at radius 2 is 1.85 bits per heavy atom. The largest absolute Gasteiger partial charge is 0.452 e. The number of rotatable bonds is 7. The van der Waals surface area contributed by atoms with E-state index >= 15 is 0 Å². The summed E-state index contributed by atoms with van der Waals surface area (Å²) in [7, 11) is 0. The summed E-state index contributed by atoms with van der Waals surface area (Å²) in [5.74, 6) is -1.67. The van der Waals surface area contributed by atoms with Crippen LogP contribution < -0.4 is 10.1 Å². The van der Waals surface area contributed by atoms with Crippen LogP contribution in [0.15, 0.2) is 54.6 Å². The highest BCUT2D eigenvalue weighted by molar-refractivity contribution is 5.95. The first-order valence-electron chi connectivity index (χ1n) is 7.66. The Labute approximate surface area is 153 Å². The fourth-order valence-electron chi connectivity index (χ4n) is 1.97. The van der Waals surface area contributed by atoms with E-state index in [4.69, 9.17) is 10.00 Å². The third-order valence-electron chi connectivity index (χ3n) is 3.17. The number of benzene rings is 2. The van der Waals surface area contributed by atoms with Crippen molar-refractivity contribution in [1.29, 1.82) is 5.26 Å². The van der Waals surface area contributed by atoms with Crippen LogP contribution in [0.5, 0.6) is 5.75 Å². The first-order chi connectivity index (χ1) is 13.0. The average molecular weight is 372 g/mol. The Kier molecular flexibility index (Phi) is 7.02. The summed E-state index contributed by atoms with van der Waals surface area (Å²) in [5, 5.41) is 11.0. The van der Waals surface area contributed by atoms with E-state index in [9.17, 15) is 18.4 Å². The Hall–Kier alpha value is -3.73. The molecule has 0 heterocycles. The molecule has 1 amide bonds. The Morgan fingerprint density at radius 1 is 1.15 bits per heavy atom. The van der Waals surface area contributed by atoms with Gasteiger partial charge in [-0.15, -0.1) is 0 Å². The molecule has 2 rings (SSSR count). The number of ether oxygens (including phenoxy) is 2. The second-order valence-corrected chi connectivity index (χ2v) is 5.10. The molecule has 6 nitrogen and oxygen atoms in total. The van der Waals surface area contributed by atoms with E-state index in [1.807, 2.05) is 6.07 Å². The molecule has 8 heteroatoms. The number of nitriles is 1. The fraction of sp³-hybridized carbons (Fsp3) is 0.105. The van der Waals surface area contributed by atoms with Crippen molar-refractivity contribution in [2.45, 2.75) is 6.61 Å². The minimum Gasteiger partial charge on any atom is -0.452 e. The minimum absolute atomic E-state index is 0.0342. The zero-order valence-corrected chi connectivity index (χ0v) is 13.9. The SMILES string of the molecule is N#Cc1ccc(/C=C/C(=O)OCC(=O)Nc2ccccc2OC(F)F)cc1. The quantitative estimate of drug-likeness (QED) is 0.595. The molecule has 0 spiro atoms. The van der Waals surface area contributed by atoms with Crippen molar-refractivity contribution < 1.29 is 27.8 Å². The number of para-hydroxylation sites is 2. The summed E-state index contributed by atoms with van der Waals surface area (Å²) in [6, 6.07) is 14.1. The third-order valence-corrected chi connectivity index (χ3v) is 3.17. The zero-order valence-electron chi connectivity index (χ0n) is 13.9. The summed E-state index contributed by atoms with van der Waals surface area (Å²) in [4.78, 5) is 23.5. The molecule has 0 aliphatic heterocycles. The molecule has 0 radical (unpaired) electrons. The van der Waals surface area contributed by atoms with Gasteiger partial charge in [0.1, 0.15) is 5.75 Å².